The van der Waals surface area contributed by atoms with Gasteiger partial charge in [-0.05, 0) is 37.9 Å². The quantitative estimate of drug-likeness (QED) is 0.588. The van der Waals surface area contributed by atoms with Gasteiger partial charge in [-0.25, -0.2) is 0 Å². The molecule has 9 heteroatoms. The lowest BCUT2D eigenvalue weighted by atomic mass is 10.3. The molecule has 0 heterocycles. The van der Waals surface area contributed by atoms with Crippen molar-refractivity contribution >= 4 is 37.5 Å². The third-order valence-electron chi connectivity index (χ3n) is 1.41. The van der Waals surface area contributed by atoms with Crippen molar-refractivity contribution in [2.45, 2.75) is 6.36 Å². The summed E-state index contributed by atoms with van der Waals surface area (Å²) in [6.45, 7) is 0. The van der Waals surface area contributed by atoms with Crippen molar-refractivity contribution < 1.29 is 22.8 Å². The zero-order chi connectivity index (χ0) is 12.5. The van der Waals surface area contributed by atoms with Crippen LogP contribution in [0.4, 0.5) is 18.9 Å². The third kappa shape index (κ3) is 3.34. The van der Waals surface area contributed by atoms with Crippen LogP contribution in [0.15, 0.2) is 21.1 Å². The van der Waals surface area contributed by atoms with Crippen LogP contribution < -0.4 is 4.74 Å². The molecule has 0 fully saturated rings. The van der Waals surface area contributed by atoms with Gasteiger partial charge in [0.05, 0.1) is 11.0 Å². The molecule has 0 unspecified atom stereocenters. The Labute approximate surface area is 104 Å². The zero-order valence-electron chi connectivity index (χ0n) is 7.22. The Morgan fingerprint density at radius 1 is 1.31 bits per heavy atom. The number of halogens is 5. The Balaban J connectivity index is 3.19. The number of nitro groups is 1. The first-order valence-corrected chi connectivity index (χ1v) is 5.18. The van der Waals surface area contributed by atoms with Crippen LogP contribution in [0.3, 0.4) is 0 Å². The van der Waals surface area contributed by atoms with Gasteiger partial charge < -0.3 is 4.74 Å². The van der Waals surface area contributed by atoms with Crippen molar-refractivity contribution in [1.82, 2.24) is 0 Å². The molecule has 1 aromatic rings. The van der Waals surface area contributed by atoms with Gasteiger partial charge in [0, 0.05) is 4.47 Å². The molecule has 0 amide bonds. The molecule has 0 spiro atoms. The van der Waals surface area contributed by atoms with Gasteiger partial charge in [0.1, 0.15) is 10.2 Å². The Bertz CT molecular complexity index is 436. The molecule has 0 aromatic heterocycles. The van der Waals surface area contributed by atoms with Crippen LogP contribution in [0.25, 0.3) is 0 Å². The Kier molecular flexibility index (Phi) is 3.79. The fraction of sp³-hybridized carbons (Fsp3) is 0.143. The minimum Gasteiger partial charge on any atom is -0.405 e. The maximum absolute atomic E-state index is 11.9. The lowest BCUT2D eigenvalue weighted by Crippen LogP contribution is -2.17. The standard InChI is InChI=1S/C7H2Br2F3NO3/c8-4-1-3(16-7(10,11)12)2-5(6(4)9)13(14)15/h1-2H. The van der Waals surface area contributed by atoms with Crippen LogP contribution in [0.2, 0.25) is 0 Å². The summed E-state index contributed by atoms with van der Waals surface area (Å²) in [4.78, 5) is 9.69. The maximum atomic E-state index is 11.9. The lowest BCUT2D eigenvalue weighted by Gasteiger charge is -2.09. The van der Waals surface area contributed by atoms with Crippen molar-refractivity contribution in [3.05, 3.63) is 31.2 Å². The largest absolute Gasteiger partial charge is 0.573 e. The van der Waals surface area contributed by atoms with E-state index in [1.54, 1.807) is 0 Å². The molecule has 1 rings (SSSR count). The van der Waals surface area contributed by atoms with E-state index >= 15 is 0 Å². The number of benzene rings is 1. The Hall–Kier alpha value is -0.830. The molecular formula is C7H2Br2F3NO3. The summed E-state index contributed by atoms with van der Waals surface area (Å²) in [5, 5.41) is 10.5. The van der Waals surface area contributed by atoms with Gasteiger partial charge in [0.2, 0.25) is 0 Å². The molecule has 0 aliphatic heterocycles. The first-order chi connectivity index (χ1) is 7.20. The second-order valence-corrected chi connectivity index (χ2v) is 4.19. The number of rotatable bonds is 2. The summed E-state index contributed by atoms with van der Waals surface area (Å²) in [6, 6.07) is 1.66. The number of hydrogen-bond acceptors (Lipinski definition) is 3. The minimum atomic E-state index is -4.89. The van der Waals surface area contributed by atoms with E-state index < -0.39 is 22.7 Å². The van der Waals surface area contributed by atoms with E-state index in [1.807, 2.05) is 0 Å². The molecule has 0 aliphatic carbocycles. The highest BCUT2D eigenvalue weighted by Gasteiger charge is 2.32. The van der Waals surface area contributed by atoms with Crippen LogP contribution in [-0.4, -0.2) is 11.3 Å². The van der Waals surface area contributed by atoms with Gasteiger partial charge in [0.15, 0.2) is 0 Å². The number of nitro benzene ring substituents is 1. The maximum Gasteiger partial charge on any atom is 0.573 e. The molecule has 0 saturated carbocycles. The molecule has 4 nitrogen and oxygen atoms in total. The molecule has 1 aromatic carbocycles. The van der Waals surface area contributed by atoms with Gasteiger partial charge in [-0.2, -0.15) is 0 Å². The van der Waals surface area contributed by atoms with Crippen molar-refractivity contribution in [3.63, 3.8) is 0 Å². The van der Waals surface area contributed by atoms with Crippen molar-refractivity contribution in [1.29, 1.82) is 0 Å². The summed E-state index contributed by atoms with van der Waals surface area (Å²) in [5.74, 6) is -0.658. The summed E-state index contributed by atoms with van der Waals surface area (Å²) < 4.78 is 39.4. The monoisotopic (exact) mass is 363 g/mol. The Morgan fingerprint density at radius 2 is 1.88 bits per heavy atom. The molecule has 16 heavy (non-hydrogen) atoms. The van der Waals surface area contributed by atoms with E-state index in [1.165, 1.54) is 0 Å². The lowest BCUT2D eigenvalue weighted by molar-refractivity contribution is -0.386. The number of hydrogen-bond donors (Lipinski definition) is 0. The highest BCUT2D eigenvalue weighted by molar-refractivity contribution is 9.13. The molecule has 0 bridgehead atoms. The fourth-order valence-electron chi connectivity index (χ4n) is 0.876. The summed E-state index contributed by atoms with van der Waals surface area (Å²) in [5.41, 5.74) is -0.520. The topological polar surface area (TPSA) is 52.4 Å². The summed E-state index contributed by atoms with van der Waals surface area (Å²) >= 11 is 5.74. The van der Waals surface area contributed by atoms with E-state index in [0.717, 1.165) is 6.07 Å². The smallest absolute Gasteiger partial charge is 0.405 e. The number of ether oxygens (including phenoxy) is 1. The minimum absolute atomic E-state index is 0.0482. The molecule has 0 radical (unpaired) electrons. The van der Waals surface area contributed by atoms with Gasteiger partial charge >= 0.3 is 6.36 Å². The van der Waals surface area contributed by atoms with Crippen LogP contribution >= 0.6 is 31.9 Å². The van der Waals surface area contributed by atoms with Gasteiger partial charge in [-0.3, -0.25) is 10.1 Å². The van der Waals surface area contributed by atoms with E-state index in [0.29, 0.717) is 6.07 Å². The summed E-state index contributed by atoms with van der Waals surface area (Å²) in [7, 11) is 0. The first-order valence-electron chi connectivity index (χ1n) is 3.60. The van der Waals surface area contributed by atoms with E-state index in [2.05, 4.69) is 36.6 Å². The number of alkyl halides is 3. The molecule has 0 aliphatic rings. The first kappa shape index (κ1) is 13.2. The van der Waals surface area contributed by atoms with E-state index in [-0.39, 0.29) is 8.95 Å². The average Bonchev–Trinajstić information content (AvgIpc) is 2.07. The van der Waals surface area contributed by atoms with Crippen molar-refractivity contribution in [2.24, 2.45) is 0 Å². The SMILES string of the molecule is O=[N+]([O-])c1cc(OC(F)(F)F)cc(Br)c1Br. The second-order valence-electron chi connectivity index (χ2n) is 2.54. The van der Waals surface area contributed by atoms with Gasteiger partial charge in [-0.15, -0.1) is 13.2 Å². The van der Waals surface area contributed by atoms with Crippen LogP contribution in [0.5, 0.6) is 5.75 Å². The molecule has 0 N–H and O–H groups in total. The highest BCUT2D eigenvalue weighted by atomic mass is 79.9. The second kappa shape index (κ2) is 4.58. The van der Waals surface area contributed by atoms with Gasteiger partial charge in [-0.1, -0.05) is 0 Å². The molecular weight excluding hydrogens is 363 g/mol. The van der Waals surface area contributed by atoms with Gasteiger partial charge in [0.25, 0.3) is 5.69 Å². The summed E-state index contributed by atoms with van der Waals surface area (Å²) in [6.07, 6.45) is -4.89. The predicted octanol–water partition coefficient (Wildman–Crippen LogP) is 4.02. The highest BCUT2D eigenvalue weighted by Crippen LogP contribution is 2.37. The molecule has 0 atom stereocenters. The number of nitrogens with zero attached hydrogens (tertiary/aromatic N) is 1. The van der Waals surface area contributed by atoms with Crippen molar-refractivity contribution in [3.8, 4) is 5.75 Å². The normalized spacial score (nSPS) is 11.3. The third-order valence-corrected chi connectivity index (χ3v) is 3.40. The molecule has 0 saturated heterocycles. The van der Waals surface area contributed by atoms with Crippen LogP contribution in [0, 0.1) is 10.1 Å². The van der Waals surface area contributed by atoms with Crippen LogP contribution in [-0.2, 0) is 0 Å². The van der Waals surface area contributed by atoms with E-state index in [4.69, 9.17) is 0 Å². The zero-order valence-corrected chi connectivity index (χ0v) is 10.4. The molecule has 88 valence electrons. The van der Waals surface area contributed by atoms with Crippen LogP contribution in [0.1, 0.15) is 0 Å². The predicted molar refractivity (Wildman–Crippen MR) is 55.2 cm³/mol. The van der Waals surface area contributed by atoms with E-state index in [9.17, 15) is 23.3 Å². The Morgan fingerprint density at radius 3 is 2.31 bits per heavy atom. The van der Waals surface area contributed by atoms with Crippen molar-refractivity contribution in [2.75, 3.05) is 0 Å². The average molecular weight is 365 g/mol. The fourth-order valence-corrected chi connectivity index (χ4v) is 1.68.